The molecule has 16 heavy (non-hydrogen) atoms. The number of rotatable bonds is 2. The van der Waals surface area contributed by atoms with Crippen LogP contribution in [-0.2, 0) is 0 Å². The van der Waals surface area contributed by atoms with Crippen LogP contribution in [0.25, 0.3) is 11.1 Å². The third kappa shape index (κ3) is 2.36. The first-order valence-corrected chi connectivity index (χ1v) is 5.84. The highest BCUT2D eigenvalue weighted by Crippen LogP contribution is 2.23. The Balaban J connectivity index is 2.40. The van der Waals surface area contributed by atoms with Gasteiger partial charge in [0, 0.05) is 0 Å². The molecule has 0 fully saturated rings. The summed E-state index contributed by atoms with van der Waals surface area (Å²) in [6.45, 7) is 4.46. The zero-order chi connectivity index (χ0) is 11.5. The van der Waals surface area contributed by atoms with Gasteiger partial charge in [-0.3, -0.25) is 0 Å². The summed E-state index contributed by atoms with van der Waals surface area (Å²) in [6.07, 6.45) is 0. The molecule has 0 aliphatic heterocycles. The van der Waals surface area contributed by atoms with E-state index in [0.717, 1.165) is 0 Å². The SMILES string of the molecule is Bc1ccc(-c2cccc(C(C)C)c2)cc1. The topological polar surface area (TPSA) is 0 Å². The zero-order valence-corrected chi connectivity index (χ0v) is 10.2. The van der Waals surface area contributed by atoms with Gasteiger partial charge in [0.1, 0.15) is 7.85 Å². The Morgan fingerprint density at radius 1 is 0.875 bits per heavy atom. The fourth-order valence-corrected chi connectivity index (χ4v) is 1.82. The number of hydrogen-bond acceptors (Lipinski definition) is 0. The summed E-state index contributed by atoms with van der Waals surface area (Å²) in [5, 5.41) is 0. The first-order chi connectivity index (χ1) is 7.66. The van der Waals surface area contributed by atoms with Crippen LogP contribution in [0.4, 0.5) is 0 Å². The van der Waals surface area contributed by atoms with Crippen molar-refractivity contribution in [3.05, 3.63) is 54.1 Å². The van der Waals surface area contributed by atoms with Crippen molar-refractivity contribution < 1.29 is 0 Å². The summed E-state index contributed by atoms with van der Waals surface area (Å²) in [4.78, 5) is 0. The van der Waals surface area contributed by atoms with Gasteiger partial charge >= 0.3 is 0 Å². The van der Waals surface area contributed by atoms with Crippen LogP contribution in [-0.4, -0.2) is 7.85 Å². The second-order valence-electron chi connectivity index (χ2n) is 4.65. The van der Waals surface area contributed by atoms with E-state index >= 15 is 0 Å². The molecule has 0 aromatic heterocycles. The second-order valence-corrected chi connectivity index (χ2v) is 4.65. The Morgan fingerprint density at radius 2 is 1.56 bits per heavy atom. The van der Waals surface area contributed by atoms with Crippen LogP contribution < -0.4 is 5.46 Å². The summed E-state index contributed by atoms with van der Waals surface area (Å²) >= 11 is 0. The molecule has 0 saturated carbocycles. The van der Waals surface area contributed by atoms with Gasteiger partial charge in [0.2, 0.25) is 0 Å². The van der Waals surface area contributed by atoms with Crippen molar-refractivity contribution in [1.29, 1.82) is 0 Å². The molecule has 0 aliphatic rings. The monoisotopic (exact) mass is 208 g/mol. The molecule has 2 rings (SSSR count). The van der Waals surface area contributed by atoms with Crippen LogP contribution in [0.5, 0.6) is 0 Å². The maximum absolute atomic E-state index is 2.29. The summed E-state index contributed by atoms with van der Waals surface area (Å²) in [6, 6.07) is 17.5. The molecule has 0 saturated heterocycles. The lowest BCUT2D eigenvalue weighted by Gasteiger charge is -2.08. The minimum absolute atomic E-state index is 0.588. The van der Waals surface area contributed by atoms with Crippen molar-refractivity contribution in [2.24, 2.45) is 0 Å². The lowest BCUT2D eigenvalue weighted by Crippen LogP contribution is -1.99. The van der Waals surface area contributed by atoms with E-state index in [0.29, 0.717) is 5.92 Å². The van der Waals surface area contributed by atoms with Crippen molar-refractivity contribution in [2.45, 2.75) is 19.8 Å². The standard InChI is InChI=1S/C15H17B/c1-11(2)13-4-3-5-14(10-13)12-6-8-15(16)9-7-12/h3-11H,16H2,1-2H3. The highest BCUT2D eigenvalue weighted by Gasteiger charge is 2.01. The summed E-state index contributed by atoms with van der Waals surface area (Å²) in [7, 11) is 2.12. The fourth-order valence-electron chi connectivity index (χ4n) is 1.82. The number of hydrogen-bond donors (Lipinski definition) is 0. The molecule has 0 aliphatic carbocycles. The second kappa shape index (κ2) is 4.57. The zero-order valence-electron chi connectivity index (χ0n) is 10.2. The number of benzene rings is 2. The van der Waals surface area contributed by atoms with E-state index in [1.807, 2.05) is 0 Å². The Hall–Kier alpha value is -1.50. The fraction of sp³-hybridized carbons (Fsp3) is 0.200. The van der Waals surface area contributed by atoms with Gasteiger partial charge in [-0.05, 0) is 22.6 Å². The summed E-state index contributed by atoms with van der Waals surface area (Å²) < 4.78 is 0. The van der Waals surface area contributed by atoms with Crippen molar-refractivity contribution in [3.63, 3.8) is 0 Å². The van der Waals surface area contributed by atoms with Gasteiger partial charge < -0.3 is 0 Å². The Labute approximate surface area is 98.7 Å². The van der Waals surface area contributed by atoms with Crippen molar-refractivity contribution in [1.82, 2.24) is 0 Å². The predicted octanol–water partition coefficient (Wildman–Crippen LogP) is 2.74. The largest absolute Gasteiger partial charge is 0.139 e. The van der Waals surface area contributed by atoms with Crippen molar-refractivity contribution in [3.8, 4) is 11.1 Å². The van der Waals surface area contributed by atoms with Crippen LogP contribution in [0.2, 0.25) is 0 Å². The molecule has 0 unspecified atom stereocenters. The smallest absolute Gasteiger partial charge is 0.0889 e. The first-order valence-electron chi connectivity index (χ1n) is 5.84. The Morgan fingerprint density at radius 3 is 2.19 bits per heavy atom. The van der Waals surface area contributed by atoms with E-state index in [-0.39, 0.29) is 0 Å². The summed E-state index contributed by atoms with van der Waals surface area (Å²) in [5.74, 6) is 0.588. The highest BCUT2D eigenvalue weighted by molar-refractivity contribution is 6.32. The minimum Gasteiger partial charge on any atom is -0.0889 e. The maximum Gasteiger partial charge on any atom is 0.139 e. The Kier molecular flexibility index (Phi) is 3.14. The molecule has 0 spiro atoms. The molecule has 0 heterocycles. The lowest BCUT2D eigenvalue weighted by atomic mass is 9.92. The van der Waals surface area contributed by atoms with E-state index in [1.54, 1.807) is 0 Å². The van der Waals surface area contributed by atoms with E-state index in [1.165, 1.54) is 22.2 Å². The lowest BCUT2D eigenvalue weighted by molar-refractivity contribution is 0.867. The third-order valence-corrected chi connectivity index (χ3v) is 2.94. The van der Waals surface area contributed by atoms with E-state index in [4.69, 9.17) is 0 Å². The molecule has 0 amide bonds. The van der Waals surface area contributed by atoms with Crippen LogP contribution in [0.1, 0.15) is 25.3 Å². The van der Waals surface area contributed by atoms with Gasteiger partial charge in [-0.2, -0.15) is 0 Å². The molecule has 0 atom stereocenters. The highest BCUT2D eigenvalue weighted by atomic mass is 14.1. The van der Waals surface area contributed by atoms with E-state index in [9.17, 15) is 0 Å². The molecule has 80 valence electrons. The van der Waals surface area contributed by atoms with Gasteiger partial charge in [0.05, 0.1) is 0 Å². The van der Waals surface area contributed by atoms with E-state index in [2.05, 4.69) is 70.2 Å². The maximum atomic E-state index is 2.29. The average molecular weight is 208 g/mol. The minimum atomic E-state index is 0.588. The van der Waals surface area contributed by atoms with Crippen LogP contribution >= 0.6 is 0 Å². The molecule has 0 bridgehead atoms. The average Bonchev–Trinajstić information content (AvgIpc) is 2.30. The molecule has 2 aromatic carbocycles. The van der Waals surface area contributed by atoms with Gasteiger partial charge in [0.15, 0.2) is 0 Å². The van der Waals surface area contributed by atoms with Gasteiger partial charge in [0.25, 0.3) is 0 Å². The van der Waals surface area contributed by atoms with Crippen molar-refractivity contribution in [2.75, 3.05) is 0 Å². The molecule has 0 radical (unpaired) electrons. The van der Waals surface area contributed by atoms with Gasteiger partial charge in [-0.25, -0.2) is 0 Å². The van der Waals surface area contributed by atoms with Gasteiger partial charge in [-0.15, -0.1) is 0 Å². The molecule has 2 aromatic rings. The predicted molar refractivity (Wildman–Crippen MR) is 74.1 cm³/mol. The van der Waals surface area contributed by atoms with Gasteiger partial charge in [-0.1, -0.05) is 67.8 Å². The van der Waals surface area contributed by atoms with Crippen molar-refractivity contribution >= 4 is 13.3 Å². The normalized spacial score (nSPS) is 10.7. The third-order valence-electron chi connectivity index (χ3n) is 2.94. The van der Waals surface area contributed by atoms with Crippen LogP contribution in [0.15, 0.2) is 48.5 Å². The van der Waals surface area contributed by atoms with Crippen LogP contribution in [0.3, 0.4) is 0 Å². The molecule has 0 N–H and O–H groups in total. The quantitative estimate of drug-likeness (QED) is 0.665. The molecular formula is C15H17B. The Bertz CT molecular complexity index is 469. The van der Waals surface area contributed by atoms with Crippen LogP contribution in [0, 0.1) is 0 Å². The first kappa shape index (κ1) is 11.0. The molecule has 0 nitrogen and oxygen atoms in total. The molecule has 1 heteroatoms. The van der Waals surface area contributed by atoms with E-state index < -0.39 is 0 Å². The summed E-state index contributed by atoms with van der Waals surface area (Å²) in [5.41, 5.74) is 5.32. The molecular weight excluding hydrogens is 191 g/mol.